The number of nitrogens with zero attached hydrogens (tertiary/aromatic N) is 5. The number of pyridine rings is 2. The molecule has 8 heteroatoms. The molecule has 1 aromatic carbocycles. The number of alkyl halides is 2. The molecule has 3 aromatic heterocycles. The van der Waals surface area contributed by atoms with Gasteiger partial charge in [0.25, 0.3) is 0 Å². The second kappa shape index (κ2) is 7.71. The summed E-state index contributed by atoms with van der Waals surface area (Å²) in [6.07, 6.45) is 9.26. The van der Waals surface area contributed by atoms with E-state index >= 15 is 0 Å². The fourth-order valence-electron chi connectivity index (χ4n) is 3.78. The Bertz CT molecular complexity index is 1480. The number of allylic oxidation sites excluding steroid dienone is 1. The first kappa shape index (κ1) is 19.6. The Morgan fingerprint density at radius 1 is 1.09 bits per heavy atom. The van der Waals surface area contributed by atoms with Crippen LogP contribution < -0.4 is 5.69 Å². The minimum absolute atomic E-state index is 0.196. The summed E-state index contributed by atoms with van der Waals surface area (Å²) < 4.78 is 28.6. The number of hydrogen-bond donors (Lipinski definition) is 0. The molecule has 0 bridgehead atoms. The molecule has 6 nitrogen and oxygen atoms in total. The lowest BCUT2D eigenvalue weighted by atomic mass is 10.0. The molecule has 0 saturated heterocycles. The number of imidazole rings is 1. The topological polar surface area (TPSA) is 76.5 Å². The summed E-state index contributed by atoms with van der Waals surface area (Å²) in [4.78, 5) is 21.6. The molecule has 0 saturated carbocycles. The van der Waals surface area contributed by atoms with Gasteiger partial charge in [-0.1, -0.05) is 18.2 Å². The van der Waals surface area contributed by atoms with E-state index in [1.54, 1.807) is 42.7 Å². The van der Waals surface area contributed by atoms with Gasteiger partial charge in [-0.05, 0) is 47.5 Å². The maximum absolute atomic E-state index is 13.5. The quantitative estimate of drug-likeness (QED) is 0.477. The first-order chi connectivity index (χ1) is 15.5. The Labute approximate surface area is 181 Å². The van der Waals surface area contributed by atoms with Crippen LogP contribution in [-0.4, -0.2) is 19.1 Å². The van der Waals surface area contributed by atoms with Crippen molar-refractivity contribution in [1.82, 2.24) is 19.1 Å². The molecule has 1 aliphatic carbocycles. The van der Waals surface area contributed by atoms with Crippen LogP contribution in [0.25, 0.3) is 34.3 Å². The monoisotopic (exact) mass is 427 g/mol. The number of benzene rings is 1. The van der Waals surface area contributed by atoms with Crippen LogP contribution in [-0.2, 0) is 6.42 Å². The van der Waals surface area contributed by atoms with Gasteiger partial charge in [0, 0.05) is 30.6 Å². The van der Waals surface area contributed by atoms with Crippen molar-refractivity contribution < 1.29 is 8.78 Å². The third-order valence-electron chi connectivity index (χ3n) is 5.33. The van der Waals surface area contributed by atoms with E-state index < -0.39 is 12.2 Å². The fourth-order valence-corrected chi connectivity index (χ4v) is 3.78. The van der Waals surface area contributed by atoms with Gasteiger partial charge in [-0.3, -0.25) is 14.5 Å². The first-order valence-electron chi connectivity index (χ1n) is 9.80. The van der Waals surface area contributed by atoms with Crippen LogP contribution in [0.3, 0.4) is 0 Å². The molecule has 0 fully saturated rings. The summed E-state index contributed by atoms with van der Waals surface area (Å²) in [7, 11) is 0. The van der Waals surface area contributed by atoms with E-state index in [0.29, 0.717) is 21.5 Å². The van der Waals surface area contributed by atoms with Crippen molar-refractivity contribution in [3.05, 3.63) is 94.4 Å². The molecule has 0 atom stereocenters. The number of rotatable bonds is 4. The molecule has 0 radical (unpaired) electrons. The van der Waals surface area contributed by atoms with Gasteiger partial charge in [0.2, 0.25) is 0 Å². The van der Waals surface area contributed by atoms with E-state index in [1.165, 1.54) is 6.07 Å². The zero-order valence-corrected chi connectivity index (χ0v) is 16.6. The Morgan fingerprint density at radius 2 is 1.97 bits per heavy atom. The van der Waals surface area contributed by atoms with Crippen LogP contribution in [0.5, 0.6) is 0 Å². The van der Waals surface area contributed by atoms with Crippen molar-refractivity contribution in [3.63, 3.8) is 0 Å². The molecule has 0 amide bonds. The lowest BCUT2D eigenvalue weighted by Gasteiger charge is -2.09. The third-order valence-corrected chi connectivity index (χ3v) is 5.33. The third kappa shape index (κ3) is 3.30. The van der Waals surface area contributed by atoms with Crippen molar-refractivity contribution >= 4 is 6.08 Å². The molecule has 0 spiro atoms. The molecule has 1 aliphatic rings. The van der Waals surface area contributed by atoms with Gasteiger partial charge in [-0.25, -0.2) is 9.36 Å². The number of hydrogen-bond acceptors (Lipinski definition) is 4. The van der Waals surface area contributed by atoms with E-state index in [4.69, 9.17) is 0 Å². The summed E-state index contributed by atoms with van der Waals surface area (Å²) >= 11 is 0. The largest absolute Gasteiger partial charge is 0.337 e. The van der Waals surface area contributed by atoms with Gasteiger partial charge in [0.05, 0.1) is 34.4 Å². The highest BCUT2D eigenvalue weighted by Gasteiger charge is 2.21. The van der Waals surface area contributed by atoms with Crippen LogP contribution in [0.4, 0.5) is 8.78 Å². The minimum atomic E-state index is -3.02. The van der Waals surface area contributed by atoms with Gasteiger partial charge in [0.15, 0.2) is 0 Å². The smallest absolute Gasteiger partial charge is 0.260 e. The predicted octanol–water partition coefficient (Wildman–Crippen LogP) is 4.60. The van der Waals surface area contributed by atoms with E-state index in [2.05, 4.69) is 9.97 Å². The summed E-state index contributed by atoms with van der Waals surface area (Å²) in [6, 6.07) is 13.8. The standard InChI is InChI=1S/C24H15F2N5O/c25-23(26)30-14-22(31(24(30)32)19-5-1-3-15(9-19)12-27)21-11-16(7-8-28-21)18-10-17-4-2-6-20(17)29-13-18/h1-5,7-11,13-14,23H,6H2. The van der Waals surface area contributed by atoms with Gasteiger partial charge >= 0.3 is 12.2 Å². The Balaban J connectivity index is 1.68. The van der Waals surface area contributed by atoms with Crippen molar-refractivity contribution in [2.75, 3.05) is 0 Å². The van der Waals surface area contributed by atoms with Crippen LogP contribution >= 0.6 is 0 Å². The molecular weight excluding hydrogens is 412 g/mol. The maximum Gasteiger partial charge on any atom is 0.337 e. The van der Waals surface area contributed by atoms with Gasteiger partial charge in [-0.2, -0.15) is 14.0 Å². The maximum atomic E-state index is 13.5. The number of fused-ring (bicyclic) bond motifs is 1. The summed E-state index contributed by atoms with van der Waals surface area (Å²) in [6.45, 7) is -3.02. The van der Waals surface area contributed by atoms with Gasteiger partial charge in [0.1, 0.15) is 0 Å². The lowest BCUT2D eigenvalue weighted by molar-refractivity contribution is 0.0663. The average Bonchev–Trinajstić information content (AvgIpc) is 3.43. The van der Waals surface area contributed by atoms with Crippen molar-refractivity contribution in [3.8, 4) is 34.3 Å². The zero-order chi connectivity index (χ0) is 22.2. The van der Waals surface area contributed by atoms with Gasteiger partial charge < -0.3 is 0 Å². The van der Waals surface area contributed by atoms with Gasteiger partial charge in [-0.15, -0.1) is 0 Å². The highest BCUT2D eigenvalue weighted by molar-refractivity contribution is 5.72. The van der Waals surface area contributed by atoms with E-state index in [-0.39, 0.29) is 5.69 Å². The lowest BCUT2D eigenvalue weighted by Crippen LogP contribution is -2.24. The van der Waals surface area contributed by atoms with E-state index in [9.17, 15) is 18.8 Å². The molecule has 32 heavy (non-hydrogen) atoms. The van der Waals surface area contributed by atoms with Crippen molar-refractivity contribution in [2.24, 2.45) is 0 Å². The number of nitriles is 1. The Hall–Kier alpha value is -4.38. The van der Waals surface area contributed by atoms with Crippen molar-refractivity contribution in [2.45, 2.75) is 13.0 Å². The number of halogens is 2. The molecule has 3 heterocycles. The molecule has 5 rings (SSSR count). The Morgan fingerprint density at radius 3 is 2.78 bits per heavy atom. The summed E-state index contributed by atoms with van der Waals surface area (Å²) in [5.41, 5.74) is 3.93. The fraction of sp³-hybridized carbons (Fsp3) is 0.0833. The molecule has 156 valence electrons. The normalized spacial score (nSPS) is 12.2. The Kier molecular flexibility index (Phi) is 4.71. The van der Waals surface area contributed by atoms with E-state index in [0.717, 1.165) is 39.6 Å². The van der Waals surface area contributed by atoms with Crippen LogP contribution in [0.1, 0.15) is 23.4 Å². The minimum Gasteiger partial charge on any atom is -0.260 e. The van der Waals surface area contributed by atoms with Crippen LogP contribution in [0.2, 0.25) is 0 Å². The van der Waals surface area contributed by atoms with Crippen LogP contribution in [0, 0.1) is 11.3 Å². The van der Waals surface area contributed by atoms with Crippen molar-refractivity contribution in [1.29, 1.82) is 5.26 Å². The molecule has 0 unspecified atom stereocenters. The second-order valence-corrected chi connectivity index (χ2v) is 7.28. The molecule has 4 aromatic rings. The zero-order valence-electron chi connectivity index (χ0n) is 16.6. The summed E-state index contributed by atoms with van der Waals surface area (Å²) in [5, 5.41) is 9.20. The van der Waals surface area contributed by atoms with Crippen LogP contribution in [0.15, 0.2) is 71.9 Å². The molecular formula is C24H15F2N5O. The average molecular weight is 427 g/mol. The molecule has 0 N–H and O–H groups in total. The second-order valence-electron chi connectivity index (χ2n) is 7.28. The predicted molar refractivity (Wildman–Crippen MR) is 115 cm³/mol. The first-order valence-corrected chi connectivity index (χ1v) is 9.80. The highest BCUT2D eigenvalue weighted by Crippen LogP contribution is 2.29. The molecule has 0 aliphatic heterocycles. The van der Waals surface area contributed by atoms with E-state index in [1.807, 2.05) is 24.3 Å². The highest BCUT2D eigenvalue weighted by atomic mass is 19.3. The SMILES string of the molecule is N#Cc1cccc(-n2c(-c3cc(-c4cnc5c(c4)C=CC5)ccn3)cn(C(F)F)c2=O)c1. The summed E-state index contributed by atoms with van der Waals surface area (Å²) in [5.74, 6) is 0. The number of aromatic nitrogens is 4.